The van der Waals surface area contributed by atoms with Crippen molar-refractivity contribution in [2.75, 3.05) is 39.4 Å². The number of hydrogen-bond acceptors (Lipinski definition) is 3. The highest BCUT2D eigenvalue weighted by atomic mass is 16.5. The number of nitrogens with zero attached hydrogens (tertiary/aromatic N) is 2. The molecule has 27 heavy (non-hydrogen) atoms. The summed E-state index contributed by atoms with van der Waals surface area (Å²) in [5.74, 6) is 0.925. The second-order valence-corrected chi connectivity index (χ2v) is 7.70. The lowest BCUT2D eigenvalue weighted by Gasteiger charge is -2.45. The van der Waals surface area contributed by atoms with E-state index in [2.05, 4.69) is 53.6 Å². The Labute approximate surface area is 164 Å². The van der Waals surface area contributed by atoms with E-state index in [4.69, 9.17) is 9.73 Å². The van der Waals surface area contributed by atoms with E-state index in [1.54, 1.807) is 0 Å². The standard InChI is InChI=1S/C22H36N4O/c1-3-19-9-5-6-10-20(19)17-24-21(23-4-2)25-18-22(11-15-27-16-12-22)26-13-7-8-14-26/h5-6,9-10H,3-4,7-8,11-18H2,1-2H3,(H2,23,24,25). The van der Waals surface area contributed by atoms with E-state index in [0.717, 1.165) is 58.1 Å². The SMILES string of the molecule is CCNC(=NCc1ccccc1CC)NCC1(N2CCCC2)CCOCC1. The van der Waals surface area contributed by atoms with Crippen LogP contribution in [0.4, 0.5) is 0 Å². The van der Waals surface area contributed by atoms with Gasteiger partial charge in [0, 0.05) is 31.8 Å². The Bertz CT molecular complexity index is 604. The van der Waals surface area contributed by atoms with Crippen molar-refractivity contribution in [1.82, 2.24) is 15.5 Å². The highest BCUT2D eigenvalue weighted by Crippen LogP contribution is 2.30. The minimum absolute atomic E-state index is 0.215. The first kappa shape index (κ1) is 20.2. The Morgan fingerprint density at radius 2 is 1.78 bits per heavy atom. The van der Waals surface area contributed by atoms with E-state index in [9.17, 15) is 0 Å². The first-order valence-corrected chi connectivity index (χ1v) is 10.7. The van der Waals surface area contributed by atoms with Crippen molar-refractivity contribution in [2.24, 2.45) is 4.99 Å². The number of guanidine groups is 1. The quantitative estimate of drug-likeness (QED) is 0.571. The van der Waals surface area contributed by atoms with Crippen molar-refractivity contribution in [3.05, 3.63) is 35.4 Å². The van der Waals surface area contributed by atoms with Crippen LogP contribution < -0.4 is 10.6 Å². The summed E-state index contributed by atoms with van der Waals surface area (Å²) >= 11 is 0. The minimum atomic E-state index is 0.215. The normalized spacial score (nSPS) is 20.6. The maximum Gasteiger partial charge on any atom is 0.191 e. The second-order valence-electron chi connectivity index (χ2n) is 7.70. The van der Waals surface area contributed by atoms with Crippen LogP contribution in [0.15, 0.2) is 29.3 Å². The first-order valence-electron chi connectivity index (χ1n) is 10.7. The highest BCUT2D eigenvalue weighted by molar-refractivity contribution is 5.79. The first-order chi connectivity index (χ1) is 13.3. The third-order valence-electron chi connectivity index (χ3n) is 6.04. The summed E-state index contributed by atoms with van der Waals surface area (Å²) < 4.78 is 5.67. The maximum absolute atomic E-state index is 5.67. The summed E-state index contributed by atoms with van der Waals surface area (Å²) in [6.45, 7) is 11.1. The number of nitrogens with one attached hydrogen (secondary N) is 2. The van der Waals surface area contributed by atoms with Crippen LogP contribution in [-0.4, -0.2) is 55.8 Å². The third kappa shape index (κ3) is 5.23. The molecule has 1 aromatic carbocycles. The molecule has 0 amide bonds. The second kappa shape index (κ2) is 10.1. The fourth-order valence-electron chi connectivity index (χ4n) is 4.36. The smallest absolute Gasteiger partial charge is 0.191 e. The van der Waals surface area contributed by atoms with Gasteiger partial charge in [0.1, 0.15) is 0 Å². The molecular weight excluding hydrogens is 336 g/mol. The fraction of sp³-hybridized carbons (Fsp3) is 0.682. The van der Waals surface area contributed by atoms with E-state index in [1.807, 2.05) is 0 Å². The van der Waals surface area contributed by atoms with Gasteiger partial charge in [0.2, 0.25) is 0 Å². The summed E-state index contributed by atoms with van der Waals surface area (Å²) in [4.78, 5) is 7.57. The molecule has 3 rings (SSSR count). The largest absolute Gasteiger partial charge is 0.381 e. The Kier molecular flexibility index (Phi) is 7.53. The molecule has 2 N–H and O–H groups in total. The van der Waals surface area contributed by atoms with Crippen LogP contribution in [0.2, 0.25) is 0 Å². The highest BCUT2D eigenvalue weighted by Gasteiger charge is 2.39. The third-order valence-corrected chi connectivity index (χ3v) is 6.04. The van der Waals surface area contributed by atoms with Crippen LogP contribution in [0.25, 0.3) is 0 Å². The minimum Gasteiger partial charge on any atom is -0.381 e. The van der Waals surface area contributed by atoms with Crippen molar-refractivity contribution >= 4 is 5.96 Å². The van der Waals surface area contributed by atoms with Crippen LogP contribution in [0, 0.1) is 0 Å². The molecule has 0 aromatic heterocycles. The van der Waals surface area contributed by atoms with Crippen molar-refractivity contribution in [3.8, 4) is 0 Å². The number of hydrogen-bond donors (Lipinski definition) is 2. The molecule has 2 aliphatic rings. The molecule has 2 heterocycles. The van der Waals surface area contributed by atoms with Gasteiger partial charge in [0.15, 0.2) is 5.96 Å². The van der Waals surface area contributed by atoms with E-state index in [1.165, 1.54) is 37.1 Å². The summed E-state index contributed by atoms with van der Waals surface area (Å²) in [5, 5.41) is 7.08. The van der Waals surface area contributed by atoms with Crippen LogP contribution in [0.3, 0.4) is 0 Å². The molecule has 2 fully saturated rings. The van der Waals surface area contributed by atoms with Gasteiger partial charge < -0.3 is 15.4 Å². The van der Waals surface area contributed by atoms with E-state index >= 15 is 0 Å². The average Bonchev–Trinajstić information content (AvgIpc) is 3.26. The molecular formula is C22H36N4O. The number of likely N-dealkylation sites (tertiary alicyclic amines) is 1. The average molecular weight is 373 g/mol. The van der Waals surface area contributed by atoms with Gasteiger partial charge in [-0.05, 0) is 63.2 Å². The van der Waals surface area contributed by atoms with Gasteiger partial charge in [-0.25, -0.2) is 4.99 Å². The molecule has 2 saturated heterocycles. The fourth-order valence-corrected chi connectivity index (χ4v) is 4.36. The molecule has 0 saturated carbocycles. The zero-order chi connectivity index (χ0) is 19.0. The molecule has 2 aliphatic heterocycles. The van der Waals surface area contributed by atoms with Gasteiger partial charge in [0.05, 0.1) is 6.54 Å². The van der Waals surface area contributed by atoms with Crippen molar-refractivity contribution in [2.45, 2.75) is 58.0 Å². The van der Waals surface area contributed by atoms with Crippen LogP contribution in [0.1, 0.15) is 50.7 Å². The van der Waals surface area contributed by atoms with E-state index in [-0.39, 0.29) is 5.54 Å². The summed E-state index contributed by atoms with van der Waals surface area (Å²) in [7, 11) is 0. The van der Waals surface area contributed by atoms with Crippen LogP contribution >= 0.6 is 0 Å². The summed E-state index contributed by atoms with van der Waals surface area (Å²) in [6.07, 6.45) is 5.92. The number of ether oxygens (including phenoxy) is 1. The van der Waals surface area contributed by atoms with Crippen LogP contribution in [0.5, 0.6) is 0 Å². The lowest BCUT2D eigenvalue weighted by Crippen LogP contribution is -2.58. The molecule has 0 radical (unpaired) electrons. The molecule has 0 aliphatic carbocycles. The Balaban J connectivity index is 1.67. The van der Waals surface area contributed by atoms with Crippen molar-refractivity contribution < 1.29 is 4.74 Å². The van der Waals surface area contributed by atoms with E-state index < -0.39 is 0 Å². The lowest BCUT2D eigenvalue weighted by molar-refractivity contribution is -0.0164. The summed E-state index contributed by atoms with van der Waals surface area (Å²) in [6, 6.07) is 8.61. The predicted octanol–water partition coefficient (Wildman–Crippen LogP) is 2.95. The topological polar surface area (TPSA) is 48.9 Å². The molecule has 150 valence electrons. The maximum atomic E-state index is 5.67. The molecule has 5 nitrogen and oxygen atoms in total. The zero-order valence-electron chi connectivity index (χ0n) is 17.1. The van der Waals surface area contributed by atoms with Crippen molar-refractivity contribution in [3.63, 3.8) is 0 Å². The molecule has 0 spiro atoms. The Morgan fingerprint density at radius 3 is 2.44 bits per heavy atom. The van der Waals surface area contributed by atoms with E-state index in [0.29, 0.717) is 0 Å². The molecule has 0 bridgehead atoms. The van der Waals surface area contributed by atoms with Crippen LogP contribution in [-0.2, 0) is 17.7 Å². The van der Waals surface area contributed by atoms with Gasteiger partial charge in [-0.1, -0.05) is 31.2 Å². The number of aryl methyl sites for hydroxylation is 1. The van der Waals surface area contributed by atoms with Gasteiger partial charge in [0.25, 0.3) is 0 Å². The van der Waals surface area contributed by atoms with Crippen molar-refractivity contribution in [1.29, 1.82) is 0 Å². The number of benzene rings is 1. The number of aliphatic imine (C=N–C) groups is 1. The molecule has 5 heteroatoms. The monoisotopic (exact) mass is 372 g/mol. The molecule has 0 unspecified atom stereocenters. The summed E-state index contributed by atoms with van der Waals surface area (Å²) in [5.41, 5.74) is 2.92. The Morgan fingerprint density at radius 1 is 1.07 bits per heavy atom. The number of rotatable bonds is 7. The van der Waals surface area contributed by atoms with Gasteiger partial charge in [-0.3, -0.25) is 4.90 Å². The molecule has 0 atom stereocenters. The predicted molar refractivity (Wildman–Crippen MR) is 112 cm³/mol. The van der Waals surface area contributed by atoms with Gasteiger partial charge >= 0.3 is 0 Å². The zero-order valence-corrected chi connectivity index (χ0v) is 17.1. The lowest BCUT2D eigenvalue weighted by atomic mass is 9.88. The Hall–Kier alpha value is -1.59. The van der Waals surface area contributed by atoms with Gasteiger partial charge in [-0.2, -0.15) is 0 Å². The molecule has 1 aromatic rings. The van der Waals surface area contributed by atoms with Gasteiger partial charge in [-0.15, -0.1) is 0 Å².